The zero-order valence-corrected chi connectivity index (χ0v) is 16.7. The van der Waals surface area contributed by atoms with Crippen LogP contribution in [0.15, 0.2) is 42.5 Å². The van der Waals surface area contributed by atoms with Gasteiger partial charge in [0, 0.05) is 41.7 Å². The van der Waals surface area contributed by atoms with Crippen molar-refractivity contribution in [2.45, 2.75) is 26.2 Å². The minimum absolute atomic E-state index is 0.120. The Kier molecular flexibility index (Phi) is 6.76. The van der Waals surface area contributed by atoms with Gasteiger partial charge in [-0.1, -0.05) is 18.5 Å². The van der Waals surface area contributed by atoms with E-state index in [1.54, 1.807) is 30.3 Å². The van der Waals surface area contributed by atoms with Crippen LogP contribution in [0.3, 0.4) is 0 Å². The van der Waals surface area contributed by atoms with E-state index in [2.05, 4.69) is 20.9 Å². The molecule has 7 heteroatoms. The van der Waals surface area contributed by atoms with Gasteiger partial charge < -0.3 is 20.9 Å². The average molecular weight is 401 g/mol. The summed E-state index contributed by atoms with van der Waals surface area (Å²) in [5.41, 5.74) is 2.70. The molecule has 0 atom stereocenters. The van der Waals surface area contributed by atoms with Gasteiger partial charge in [0.1, 0.15) is 0 Å². The van der Waals surface area contributed by atoms with E-state index in [0.717, 1.165) is 38.0 Å². The molecule has 28 heavy (non-hydrogen) atoms. The highest BCUT2D eigenvalue weighted by Crippen LogP contribution is 2.27. The lowest BCUT2D eigenvalue weighted by molar-refractivity contribution is 0.0954. The van der Waals surface area contributed by atoms with Gasteiger partial charge >= 0.3 is 6.03 Å². The number of carbonyl (C=O) groups excluding carboxylic acids is 2. The fourth-order valence-electron chi connectivity index (χ4n) is 3.19. The van der Waals surface area contributed by atoms with E-state index in [1.807, 2.05) is 19.1 Å². The van der Waals surface area contributed by atoms with E-state index >= 15 is 0 Å². The van der Waals surface area contributed by atoms with Gasteiger partial charge in [-0.05, 0) is 61.7 Å². The first-order chi connectivity index (χ1) is 13.6. The van der Waals surface area contributed by atoms with E-state index in [1.165, 1.54) is 0 Å². The molecule has 3 rings (SSSR count). The van der Waals surface area contributed by atoms with Gasteiger partial charge in [0.15, 0.2) is 0 Å². The number of nitrogens with zero attached hydrogens (tertiary/aromatic N) is 1. The maximum Gasteiger partial charge on any atom is 0.323 e. The highest BCUT2D eigenvalue weighted by molar-refractivity contribution is 6.30. The van der Waals surface area contributed by atoms with Gasteiger partial charge in [-0.15, -0.1) is 0 Å². The van der Waals surface area contributed by atoms with Crippen molar-refractivity contribution in [2.75, 3.05) is 35.2 Å². The Morgan fingerprint density at radius 2 is 1.64 bits per heavy atom. The molecule has 0 radical (unpaired) electrons. The number of nitrogens with one attached hydrogen (secondary N) is 3. The second-order valence-corrected chi connectivity index (χ2v) is 7.20. The highest BCUT2D eigenvalue weighted by Gasteiger charge is 2.20. The monoisotopic (exact) mass is 400 g/mol. The molecule has 0 aromatic heterocycles. The Balaban J connectivity index is 1.75. The smallest absolute Gasteiger partial charge is 0.323 e. The van der Waals surface area contributed by atoms with Crippen molar-refractivity contribution < 1.29 is 9.59 Å². The van der Waals surface area contributed by atoms with Gasteiger partial charge in [-0.2, -0.15) is 0 Å². The first-order valence-electron chi connectivity index (χ1n) is 9.57. The third kappa shape index (κ3) is 5.16. The summed E-state index contributed by atoms with van der Waals surface area (Å²) in [6.07, 6.45) is 3.12. The first kappa shape index (κ1) is 20.0. The summed E-state index contributed by atoms with van der Waals surface area (Å²) in [5, 5.41) is 9.08. The Bertz CT molecular complexity index is 833. The third-order valence-electron chi connectivity index (χ3n) is 4.58. The van der Waals surface area contributed by atoms with Crippen molar-refractivity contribution in [2.24, 2.45) is 0 Å². The fraction of sp³-hybridized carbons (Fsp3) is 0.333. The van der Waals surface area contributed by atoms with Gasteiger partial charge in [0.05, 0.1) is 5.56 Å². The largest absolute Gasteiger partial charge is 0.371 e. The van der Waals surface area contributed by atoms with Crippen molar-refractivity contribution >= 4 is 40.6 Å². The molecular weight excluding hydrogens is 376 g/mol. The first-order valence-corrected chi connectivity index (χ1v) is 9.95. The molecule has 3 N–H and O–H groups in total. The molecule has 6 nitrogen and oxygen atoms in total. The summed E-state index contributed by atoms with van der Waals surface area (Å²) in [6, 6.07) is 12.0. The van der Waals surface area contributed by atoms with Crippen LogP contribution < -0.4 is 20.9 Å². The molecule has 0 unspecified atom stereocenters. The van der Waals surface area contributed by atoms with Crippen LogP contribution in [-0.2, 0) is 0 Å². The summed E-state index contributed by atoms with van der Waals surface area (Å²) in [6.45, 7) is 4.52. The van der Waals surface area contributed by atoms with Gasteiger partial charge in [-0.3, -0.25) is 4.79 Å². The van der Waals surface area contributed by atoms with Crippen LogP contribution >= 0.6 is 11.6 Å². The Morgan fingerprint density at radius 3 is 2.32 bits per heavy atom. The van der Waals surface area contributed by atoms with Crippen molar-refractivity contribution in [3.05, 3.63) is 53.1 Å². The number of rotatable bonds is 6. The summed E-state index contributed by atoms with van der Waals surface area (Å²) in [4.78, 5) is 27.2. The van der Waals surface area contributed by atoms with E-state index in [4.69, 9.17) is 11.6 Å². The lowest BCUT2D eigenvalue weighted by atomic mass is 10.1. The average Bonchev–Trinajstić information content (AvgIpc) is 3.22. The van der Waals surface area contributed by atoms with Gasteiger partial charge in [0.25, 0.3) is 5.91 Å². The SMILES string of the molecule is CCCNC(=O)c1cc(NC(=O)Nc2ccc(Cl)cc2)ccc1N1CCCC1. The predicted molar refractivity (Wildman–Crippen MR) is 115 cm³/mol. The molecule has 1 heterocycles. The zero-order chi connectivity index (χ0) is 19.9. The van der Waals surface area contributed by atoms with Crippen molar-refractivity contribution in [3.8, 4) is 0 Å². The van der Waals surface area contributed by atoms with Gasteiger partial charge in [0.2, 0.25) is 0 Å². The molecule has 2 aromatic carbocycles. The Hall–Kier alpha value is -2.73. The van der Waals surface area contributed by atoms with Crippen molar-refractivity contribution in [1.29, 1.82) is 0 Å². The molecule has 3 amide bonds. The number of halogens is 1. The van der Waals surface area contributed by atoms with Crippen LogP contribution in [0.4, 0.5) is 21.9 Å². The maximum atomic E-state index is 12.7. The predicted octanol–water partition coefficient (Wildman–Crippen LogP) is 4.72. The quantitative estimate of drug-likeness (QED) is 0.656. The van der Waals surface area contributed by atoms with E-state index in [0.29, 0.717) is 28.5 Å². The standard InChI is InChI=1S/C21H25ClN4O2/c1-2-11-23-20(27)18-14-17(9-10-19(18)26-12-3-4-13-26)25-21(28)24-16-7-5-15(22)6-8-16/h5-10,14H,2-4,11-13H2,1H3,(H,23,27)(H2,24,25,28). The number of carbonyl (C=O) groups is 2. The number of benzene rings is 2. The van der Waals surface area contributed by atoms with E-state index in [-0.39, 0.29) is 11.9 Å². The minimum atomic E-state index is -0.379. The molecule has 1 fully saturated rings. The topological polar surface area (TPSA) is 73.5 Å². The van der Waals surface area contributed by atoms with Crippen LogP contribution in [0, 0.1) is 0 Å². The molecule has 0 saturated carbocycles. The molecule has 0 spiro atoms. The molecule has 1 aliphatic heterocycles. The number of urea groups is 1. The molecule has 148 valence electrons. The summed E-state index contributed by atoms with van der Waals surface area (Å²) in [5.74, 6) is -0.120. The molecular formula is C21H25ClN4O2. The molecule has 0 bridgehead atoms. The second-order valence-electron chi connectivity index (χ2n) is 6.77. The Morgan fingerprint density at radius 1 is 1.00 bits per heavy atom. The molecule has 2 aromatic rings. The van der Waals surface area contributed by atoms with Crippen LogP contribution in [0.25, 0.3) is 0 Å². The van der Waals surface area contributed by atoms with Crippen molar-refractivity contribution in [3.63, 3.8) is 0 Å². The lowest BCUT2D eigenvalue weighted by Gasteiger charge is -2.22. The molecule has 1 saturated heterocycles. The number of amides is 3. The van der Waals surface area contributed by atoms with Crippen LogP contribution in [0.5, 0.6) is 0 Å². The molecule has 0 aliphatic carbocycles. The maximum absolute atomic E-state index is 12.7. The van der Waals surface area contributed by atoms with E-state index in [9.17, 15) is 9.59 Å². The van der Waals surface area contributed by atoms with Crippen LogP contribution in [0.1, 0.15) is 36.5 Å². The molecule has 1 aliphatic rings. The van der Waals surface area contributed by atoms with Crippen LogP contribution in [0.2, 0.25) is 5.02 Å². The van der Waals surface area contributed by atoms with Gasteiger partial charge in [-0.25, -0.2) is 4.79 Å². The van der Waals surface area contributed by atoms with E-state index < -0.39 is 0 Å². The van der Waals surface area contributed by atoms with Crippen molar-refractivity contribution in [1.82, 2.24) is 5.32 Å². The number of hydrogen-bond donors (Lipinski definition) is 3. The fourth-order valence-corrected chi connectivity index (χ4v) is 3.32. The Labute approximate surface area is 170 Å². The summed E-state index contributed by atoms with van der Waals surface area (Å²) < 4.78 is 0. The third-order valence-corrected chi connectivity index (χ3v) is 4.84. The summed E-state index contributed by atoms with van der Waals surface area (Å²) in [7, 11) is 0. The number of hydrogen-bond acceptors (Lipinski definition) is 3. The lowest BCUT2D eigenvalue weighted by Crippen LogP contribution is -2.28. The van der Waals surface area contributed by atoms with Crippen LogP contribution in [-0.4, -0.2) is 31.6 Å². The second kappa shape index (κ2) is 9.46. The highest BCUT2D eigenvalue weighted by atomic mass is 35.5. The zero-order valence-electron chi connectivity index (χ0n) is 15.9. The summed E-state index contributed by atoms with van der Waals surface area (Å²) >= 11 is 5.86. The normalized spacial score (nSPS) is 13.3. The number of anilines is 3. The minimum Gasteiger partial charge on any atom is -0.371 e.